The summed E-state index contributed by atoms with van der Waals surface area (Å²) in [4.78, 5) is 26.2. The Morgan fingerprint density at radius 2 is 1.74 bits per heavy atom. The summed E-state index contributed by atoms with van der Waals surface area (Å²) in [5.41, 5.74) is 3.80. The van der Waals surface area contributed by atoms with Gasteiger partial charge in [0.25, 0.3) is 0 Å². The Morgan fingerprint density at radius 1 is 0.963 bits per heavy atom. The Morgan fingerprint density at radius 3 is 2.48 bits per heavy atom. The molecule has 0 aliphatic carbocycles. The molecule has 6 nitrogen and oxygen atoms in total. The van der Waals surface area contributed by atoms with Gasteiger partial charge in [-0.3, -0.25) is 0 Å². The number of imidazole rings is 1. The van der Waals surface area contributed by atoms with Crippen LogP contribution in [-0.4, -0.2) is 27.8 Å². The zero-order chi connectivity index (χ0) is 18.8. The van der Waals surface area contributed by atoms with Crippen LogP contribution in [0.25, 0.3) is 33.7 Å². The van der Waals surface area contributed by atoms with Crippen LogP contribution in [0.4, 0.5) is 0 Å². The van der Waals surface area contributed by atoms with Crippen molar-refractivity contribution in [2.45, 2.75) is 6.92 Å². The lowest BCUT2D eigenvalue weighted by Gasteiger charge is -2.09. The summed E-state index contributed by atoms with van der Waals surface area (Å²) in [6, 6.07) is 19.2. The number of carbonyl (C=O) groups is 1. The number of hydrogen-bond donors (Lipinski definition) is 0. The van der Waals surface area contributed by atoms with Crippen molar-refractivity contribution < 1.29 is 14.4 Å². The van der Waals surface area contributed by atoms with E-state index in [1.807, 2.05) is 60.7 Å². The Balaban J connectivity index is 1.92. The summed E-state index contributed by atoms with van der Waals surface area (Å²) >= 11 is 0. The summed E-state index contributed by atoms with van der Waals surface area (Å²) < 4.78 is 6.71. The highest BCUT2D eigenvalue weighted by Crippen LogP contribution is 2.28. The molecule has 0 saturated carbocycles. The predicted molar refractivity (Wildman–Crippen MR) is 102 cm³/mol. The molecule has 0 aliphatic heterocycles. The third-order valence-corrected chi connectivity index (χ3v) is 4.13. The standard InChI is InChI=1S/C21H17N3O3/c1-14(25)27-24-19-12-17(15-7-4-3-5-8-15)13-22-20(19)23-21(24)16-9-6-10-18(11-16)26-2/h3-13H,1-2H3. The van der Waals surface area contributed by atoms with Crippen LogP contribution in [0, 0.1) is 0 Å². The molecule has 27 heavy (non-hydrogen) atoms. The van der Waals surface area contributed by atoms with Gasteiger partial charge in [0.1, 0.15) is 11.3 Å². The number of aromatic nitrogens is 3. The van der Waals surface area contributed by atoms with Gasteiger partial charge in [-0.05, 0) is 23.8 Å². The number of benzene rings is 2. The molecule has 4 aromatic rings. The van der Waals surface area contributed by atoms with Crippen molar-refractivity contribution in [3.63, 3.8) is 0 Å². The van der Waals surface area contributed by atoms with Crippen LogP contribution in [0.1, 0.15) is 6.92 Å². The van der Waals surface area contributed by atoms with Gasteiger partial charge in [0.2, 0.25) is 0 Å². The van der Waals surface area contributed by atoms with Crippen molar-refractivity contribution >= 4 is 17.1 Å². The summed E-state index contributed by atoms with van der Waals surface area (Å²) in [6.45, 7) is 1.36. The smallest absolute Gasteiger partial charge is 0.329 e. The quantitative estimate of drug-likeness (QED) is 0.555. The van der Waals surface area contributed by atoms with Crippen molar-refractivity contribution in [1.82, 2.24) is 14.7 Å². The van der Waals surface area contributed by atoms with Crippen LogP contribution >= 0.6 is 0 Å². The summed E-state index contributed by atoms with van der Waals surface area (Å²) in [7, 11) is 1.60. The molecule has 0 fully saturated rings. The first kappa shape index (κ1) is 16.8. The molecule has 2 heterocycles. The molecule has 6 heteroatoms. The van der Waals surface area contributed by atoms with Crippen molar-refractivity contribution in [1.29, 1.82) is 0 Å². The third-order valence-electron chi connectivity index (χ3n) is 4.13. The Bertz CT molecular complexity index is 1120. The highest BCUT2D eigenvalue weighted by Gasteiger charge is 2.17. The first-order valence-corrected chi connectivity index (χ1v) is 8.43. The molecule has 4 rings (SSSR count). The first-order chi connectivity index (χ1) is 13.2. The average Bonchev–Trinajstić information content (AvgIpc) is 3.06. The van der Waals surface area contributed by atoms with E-state index < -0.39 is 5.97 Å². The van der Waals surface area contributed by atoms with E-state index in [9.17, 15) is 4.79 Å². The molecule has 0 spiro atoms. The largest absolute Gasteiger partial charge is 0.497 e. The monoisotopic (exact) mass is 359 g/mol. The summed E-state index contributed by atoms with van der Waals surface area (Å²) in [6.07, 6.45) is 1.76. The van der Waals surface area contributed by atoms with Gasteiger partial charge in [-0.2, -0.15) is 4.73 Å². The second-order valence-corrected chi connectivity index (χ2v) is 5.98. The van der Waals surface area contributed by atoms with Crippen molar-refractivity contribution in [2.24, 2.45) is 0 Å². The van der Waals surface area contributed by atoms with Gasteiger partial charge in [-0.25, -0.2) is 14.8 Å². The van der Waals surface area contributed by atoms with Gasteiger partial charge >= 0.3 is 5.97 Å². The second-order valence-electron chi connectivity index (χ2n) is 5.98. The van der Waals surface area contributed by atoms with Crippen LogP contribution < -0.4 is 9.57 Å². The zero-order valence-electron chi connectivity index (χ0n) is 14.9. The Hall–Kier alpha value is -3.67. The molecule has 0 bridgehead atoms. The molecule has 2 aromatic carbocycles. The van der Waals surface area contributed by atoms with Crippen LogP contribution in [0.15, 0.2) is 66.9 Å². The minimum atomic E-state index is -0.441. The van der Waals surface area contributed by atoms with Crippen molar-refractivity contribution in [3.05, 3.63) is 66.9 Å². The van der Waals surface area contributed by atoms with E-state index in [1.165, 1.54) is 11.7 Å². The summed E-state index contributed by atoms with van der Waals surface area (Å²) in [5.74, 6) is 0.729. The number of nitrogens with zero attached hydrogens (tertiary/aromatic N) is 3. The SMILES string of the molecule is COc1cccc(-c2nc3ncc(-c4ccccc4)cc3n2OC(C)=O)c1. The topological polar surface area (TPSA) is 66.2 Å². The molecule has 0 aliphatic rings. The van der Waals surface area contributed by atoms with Gasteiger partial charge in [-0.1, -0.05) is 42.5 Å². The fraction of sp³-hybridized carbons (Fsp3) is 0.0952. The van der Waals surface area contributed by atoms with Gasteiger partial charge in [0, 0.05) is 24.2 Å². The molecule has 0 radical (unpaired) electrons. The first-order valence-electron chi connectivity index (χ1n) is 8.43. The lowest BCUT2D eigenvalue weighted by atomic mass is 10.1. The minimum absolute atomic E-state index is 0.441. The summed E-state index contributed by atoms with van der Waals surface area (Å²) in [5, 5.41) is 0. The third kappa shape index (κ3) is 3.25. The van der Waals surface area contributed by atoms with Crippen LogP contribution in [0.2, 0.25) is 0 Å². The van der Waals surface area contributed by atoms with Crippen LogP contribution in [-0.2, 0) is 4.79 Å². The highest BCUT2D eigenvalue weighted by molar-refractivity contribution is 5.83. The number of rotatable bonds is 4. The lowest BCUT2D eigenvalue weighted by Crippen LogP contribution is -2.17. The van der Waals surface area contributed by atoms with E-state index in [4.69, 9.17) is 9.57 Å². The molecule has 0 saturated heterocycles. The lowest BCUT2D eigenvalue weighted by molar-refractivity contribution is -0.140. The number of methoxy groups -OCH3 is 1. The van der Waals surface area contributed by atoms with Gasteiger partial charge in [-0.15, -0.1) is 0 Å². The molecular formula is C21H17N3O3. The predicted octanol–water partition coefficient (Wildman–Crippen LogP) is 3.75. The van der Waals surface area contributed by atoms with Gasteiger partial charge in [0.05, 0.1) is 7.11 Å². The van der Waals surface area contributed by atoms with Crippen LogP contribution in [0.5, 0.6) is 5.75 Å². The number of ether oxygens (including phenoxy) is 1. The average molecular weight is 359 g/mol. The van der Waals surface area contributed by atoms with E-state index in [-0.39, 0.29) is 0 Å². The molecule has 0 N–H and O–H groups in total. The number of pyridine rings is 1. The van der Waals surface area contributed by atoms with E-state index in [0.29, 0.717) is 22.7 Å². The maximum absolute atomic E-state index is 11.7. The fourth-order valence-corrected chi connectivity index (χ4v) is 2.89. The van der Waals surface area contributed by atoms with Crippen molar-refractivity contribution in [2.75, 3.05) is 7.11 Å². The van der Waals surface area contributed by atoms with E-state index >= 15 is 0 Å². The minimum Gasteiger partial charge on any atom is -0.497 e. The Labute approximate surface area is 156 Å². The number of carbonyl (C=O) groups excluding carboxylic acids is 1. The van der Waals surface area contributed by atoms with Gasteiger partial charge in [0.15, 0.2) is 11.5 Å². The molecular weight excluding hydrogens is 342 g/mol. The van der Waals surface area contributed by atoms with E-state index in [1.54, 1.807) is 13.3 Å². The highest BCUT2D eigenvalue weighted by atomic mass is 16.7. The van der Waals surface area contributed by atoms with Crippen LogP contribution in [0.3, 0.4) is 0 Å². The Kier molecular flexibility index (Phi) is 4.30. The maximum atomic E-state index is 11.7. The molecule has 0 atom stereocenters. The van der Waals surface area contributed by atoms with Gasteiger partial charge < -0.3 is 9.57 Å². The zero-order valence-corrected chi connectivity index (χ0v) is 14.9. The molecule has 134 valence electrons. The normalized spacial score (nSPS) is 10.7. The molecule has 0 amide bonds. The molecule has 2 aromatic heterocycles. The number of fused-ring (bicyclic) bond motifs is 1. The van der Waals surface area contributed by atoms with Crippen molar-refractivity contribution in [3.8, 4) is 28.3 Å². The maximum Gasteiger partial charge on any atom is 0.329 e. The van der Waals surface area contributed by atoms with E-state index in [2.05, 4.69) is 9.97 Å². The molecule has 0 unspecified atom stereocenters. The van der Waals surface area contributed by atoms with E-state index in [0.717, 1.165) is 16.7 Å². The number of hydrogen-bond acceptors (Lipinski definition) is 5. The fourth-order valence-electron chi connectivity index (χ4n) is 2.89. The second kappa shape index (κ2) is 6.92.